The van der Waals surface area contributed by atoms with E-state index in [9.17, 15) is 4.79 Å². The molecule has 1 fully saturated rings. The molecule has 0 bridgehead atoms. The zero-order valence-corrected chi connectivity index (χ0v) is 9.25. The number of nitrogens with zero attached hydrogens (tertiary/aromatic N) is 1. The van der Waals surface area contributed by atoms with E-state index in [4.69, 9.17) is 4.74 Å². The van der Waals surface area contributed by atoms with Gasteiger partial charge in [-0.25, -0.2) is 4.79 Å². The Morgan fingerprint density at radius 2 is 2.43 bits per heavy atom. The molecule has 14 heavy (non-hydrogen) atoms. The van der Waals surface area contributed by atoms with Crippen LogP contribution in [-0.2, 0) is 9.53 Å². The van der Waals surface area contributed by atoms with E-state index in [1.165, 1.54) is 5.57 Å². The fourth-order valence-electron chi connectivity index (χ4n) is 1.66. The fourth-order valence-corrected chi connectivity index (χ4v) is 1.66. The number of ether oxygens (including phenoxy) is 1. The van der Waals surface area contributed by atoms with Crippen LogP contribution in [0.4, 0.5) is 0 Å². The quantitative estimate of drug-likeness (QED) is 0.497. The molecule has 1 heterocycles. The molecule has 1 rings (SSSR count). The summed E-state index contributed by atoms with van der Waals surface area (Å²) in [7, 11) is 2.12. The van der Waals surface area contributed by atoms with Gasteiger partial charge < -0.3 is 9.64 Å². The van der Waals surface area contributed by atoms with Gasteiger partial charge in [0.25, 0.3) is 0 Å². The molecule has 1 aliphatic heterocycles. The third-order valence-corrected chi connectivity index (χ3v) is 2.70. The lowest BCUT2D eigenvalue weighted by molar-refractivity contribution is -0.137. The second-order valence-electron chi connectivity index (χ2n) is 3.84. The Hall–Kier alpha value is -0.830. The highest BCUT2D eigenvalue weighted by Gasteiger charge is 2.18. The summed E-state index contributed by atoms with van der Waals surface area (Å²) >= 11 is 0. The summed E-state index contributed by atoms with van der Waals surface area (Å²) < 4.78 is 4.88. The zero-order valence-electron chi connectivity index (χ0n) is 9.25. The lowest BCUT2D eigenvalue weighted by atomic mass is 9.98. The normalized spacial score (nSPS) is 26.5. The predicted molar refractivity (Wildman–Crippen MR) is 56.0 cm³/mol. The minimum atomic E-state index is -0.195. The van der Waals surface area contributed by atoms with E-state index in [1.54, 1.807) is 6.08 Å². The van der Waals surface area contributed by atoms with Gasteiger partial charge in [0.15, 0.2) is 0 Å². The van der Waals surface area contributed by atoms with E-state index < -0.39 is 0 Å². The van der Waals surface area contributed by atoms with Crippen molar-refractivity contribution in [3.63, 3.8) is 0 Å². The highest BCUT2D eigenvalue weighted by molar-refractivity contribution is 5.82. The number of esters is 1. The van der Waals surface area contributed by atoms with Gasteiger partial charge >= 0.3 is 5.97 Å². The molecule has 0 aromatic rings. The zero-order chi connectivity index (χ0) is 10.6. The fraction of sp³-hybridized carbons (Fsp3) is 0.727. The molecule has 0 amide bonds. The Labute approximate surface area is 85.7 Å². The second-order valence-corrected chi connectivity index (χ2v) is 3.84. The summed E-state index contributed by atoms with van der Waals surface area (Å²) in [5, 5.41) is 0. The smallest absolute Gasteiger partial charge is 0.330 e. The number of carbonyl (C=O) groups excluding carboxylic acids is 1. The minimum absolute atomic E-state index is 0.195. The Morgan fingerprint density at radius 1 is 1.71 bits per heavy atom. The van der Waals surface area contributed by atoms with Crippen molar-refractivity contribution in [3.05, 3.63) is 11.6 Å². The number of rotatable bonds is 2. The summed E-state index contributed by atoms with van der Waals surface area (Å²) in [6.45, 7) is 5.50. The van der Waals surface area contributed by atoms with Crippen molar-refractivity contribution in [2.45, 2.75) is 32.7 Å². The van der Waals surface area contributed by atoms with Crippen LogP contribution < -0.4 is 0 Å². The van der Waals surface area contributed by atoms with E-state index in [1.807, 2.05) is 6.92 Å². The van der Waals surface area contributed by atoms with E-state index in [-0.39, 0.29) is 5.97 Å². The lowest BCUT2D eigenvalue weighted by Gasteiger charge is -2.31. The topological polar surface area (TPSA) is 29.5 Å². The van der Waals surface area contributed by atoms with Crippen LogP contribution in [0, 0.1) is 0 Å². The summed E-state index contributed by atoms with van der Waals surface area (Å²) in [5.41, 5.74) is 1.22. The molecule has 1 saturated heterocycles. The Balaban J connectivity index is 2.49. The van der Waals surface area contributed by atoms with Gasteiger partial charge in [0, 0.05) is 18.7 Å². The molecule has 0 radical (unpaired) electrons. The van der Waals surface area contributed by atoms with Gasteiger partial charge in [-0.15, -0.1) is 0 Å². The molecule has 0 N–H and O–H groups in total. The summed E-state index contributed by atoms with van der Waals surface area (Å²) in [5.74, 6) is -0.195. The van der Waals surface area contributed by atoms with E-state index in [0.717, 1.165) is 19.4 Å². The number of likely N-dealkylation sites (tertiary alicyclic amines) is 1. The molecule has 3 nitrogen and oxygen atoms in total. The molecule has 0 aliphatic carbocycles. The maximum Gasteiger partial charge on any atom is 0.330 e. The van der Waals surface area contributed by atoms with Crippen molar-refractivity contribution in [2.75, 3.05) is 20.2 Å². The van der Waals surface area contributed by atoms with Gasteiger partial charge in [0.2, 0.25) is 0 Å². The average molecular weight is 197 g/mol. The van der Waals surface area contributed by atoms with Crippen molar-refractivity contribution >= 4 is 5.97 Å². The van der Waals surface area contributed by atoms with Crippen molar-refractivity contribution in [3.8, 4) is 0 Å². The SMILES string of the molecule is CCOC(=O)/C=C1/CCN(C)C(C)C1. The predicted octanol–water partition coefficient (Wildman–Crippen LogP) is 1.59. The van der Waals surface area contributed by atoms with Crippen molar-refractivity contribution < 1.29 is 9.53 Å². The van der Waals surface area contributed by atoms with Gasteiger partial charge in [-0.2, -0.15) is 0 Å². The highest BCUT2D eigenvalue weighted by atomic mass is 16.5. The highest BCUT2D eigenvalue weighted by Crippen LogP contribution is 2.20. The van der Waals surface area contributed by atoms with Crippen molar-refractivity contribution in [1.29, 1.82) is 0 Å². The Morgan fingerprint density at radius 3 is 3.00 bits per heavy atom. The van der Waals surface area contributed by atoms with Gasteiger partial charge in [-0.3, -0.25) is 0 Å². The number of hydrogen-bond acceptors (Lipinski definition) is 3. The maximum absolute atomic E-state index is 11.2. The molecule has 0 spiro atoms. The largest absolute Gasteiger partial charge is 0.463 e. The first kappa shape index (κ1) is 11.2. The monoisotopic (exact) mass is 197 g/mol. The minimum Gasteiger partial charge on any atom is -0.463 e. The molecule has 3 heteroatoms. The third-order valence-electron chi connectivity index (χ3n) is 2.70. The summed E-state index contributed by atoms with van der Waals surface area (Å²) in [6.07, 6.45) is 3.63. The van der Waals surface area contributed by atoms with E-state index in [0.29, 0.717) is 12.6 Å². The third kappa shape index (κ3) is 3.14. The van der Waals surface area contributed by atoms with Crippen LogP contribution >= 0.6 is 0 Å². The van der Waals surface area contributed by atoms with Gasteiger partial charge in [-0.1, -0.05) is 5.57 Å². The second kappa shape index (κ2) is 5.15. The lowest BCUT2D eigenvalue weighted by Crippen LogP contribution is -2.34. The van der Waals surface area contributed by atoms with E-state index in [2.05, 4.69) is 18.9 Å². The molecule has 0 aromatic heterocycles. The number of hydrogen-bond donors (Lipinski definition) is 0. The molecular formula is C11H19NO2. The van der Waals surface area contributed by atoms with Crippen LogP contribution in [0.1, 0.15) is 26.7 Å². The molecule has 1 unspecified atom stereocenters. The number of piperidine rings is 1. The van der Waals surface area contributed by atoms with Crippen LogP contribution in [0.25, 0.3) is 0 Å². The molecule has 1 aliphatic rings. The molecule has 0 saturated carbocycles. The van der Waals surface area contributed by atoms with Crippen molar-refractivity contribution in [2.24, 2.45) is 0 Å². The van der Waals surface area contributed by atoms with Crippen LogP contribution in [0.5, 0.6) is 0 Å². The van der Waals surface area contributed by atoms with Crippen LogP contribution in [0.15, 0.2) is 11.6 Å². The molecule has 0 aromatic carbocycles. The molecule has 80 valence electrons. The standard InChI is InChI=1S/C11H19NO2/c1-4-14-11(13)8-10-5-6-12(3)9(2)7-10/h8-9H,4-7H2,1-3H3/b10-8-. The Kier molecular flexibility index (Phi) is 4.14. The van der Waals surface area contributed by atoms with Crippen LogP contribution in [0.2, 0.25) is 0 Å². The van der Waals surface area contributed by atoms with Gasteiger partial charge in [0.05, 0.1) is 6.61 Å². The summed E-state index contributed by atoms with van der Waals surface area (Å²) in [4.78, 5) is 13.5. The first-order valence-corrected chi connectivity index (χ1v) is 5.20. The maximum atomic E-state index is 11.2. The average Bonchev–Trinajstić information content (AvgIpc) is 2.12. The van der Waals surface area contributed by atoms with E-state index >= 15 is 0 Å². The molecular weight excluding hydrogens is 178 g/mol. The van der Waals surface area contributed by atoms with Crippen molar-refractivity contribution in [1.82, 2.24) is 4.90 Å². The van der Waals surface area contributed by atoms with Crippen LogP contribution in [0.3, 0.4) is 0 Å². The Bertz CT molecular complexity index is 235. The van der Waals surface area contributed by atoms with Gasteiger partial charge in [-0.05, 0) is 33.7 Å². The molecule has 1 atom stereocenters. The van der Waals surface area contributed by atoms with Gasteiger partial charge in [0.1, 0.15) is 0 Å². The first-order valence-electron chi connectivity index (χ1n) is 5.20. The summed E-state index contributed by atoms with van der Waals surface area (Å²) in [6, 6.07) is 0.532. The first-order chi connectivity index (χ1) is 6.63. The van der Waals surface area contributed by atoms with Crippen LogP contribution in [-0.4, -0.2) is 37.1 Å². The number of carbonyl (C=O) groups is 1.